The first-order valence-electron chi connectivity index (χ1n) is 15.2. The number of hydrogen-bond acceptors (Lipinski definition) is 18. The Bertz CT molecular complexity index is 1570. The van der Waals surface area contributed by atoms with Crippen LogP contribution >= 0.6 is 34.8 Å². The molecule has 23 heteroatoms. The summed E-state index contributed by atoms with van der Waals surface area (Å²) in [5, 5.41) is 11.9. The fraction of sp³-hybridized carbons (Fsp3) is 0.621. The number of nitrogens with one attached hydrogen (secondary N) is 1. The van der Waals surface area contributed by atoms with Crippen LogP contribution in [0.1, 0.15) is 39.5 Å². The number of esters is 4. The van der Waals surface area contributed by atoms with Gasteiger partial charge in [-0.2, -0.15) is 0 Å². The van der Waals surface area contributed by atoms with Crippen molar-refractivity contribution in [3.8, 4) is 0 Å². The number of nitrogens with zero attached hydrogens (tertiary/aromatic N) is 3. The van der Waals surface area contributed by atoms with Gasteiger partial charge in [0.25, 0.3) is 3.79 Å². The molecule has 52 heavy (non-hydrogen) atoms. The minimum Gasteiger partial charge on any atom is -0.461 e. The molecule has 3 heterocycles. The third-order valence-electron chi connectivity index (χ3n) is 7.61. The van der Waals surface area contributed by atoms with E-state index in [9.17, 15) is 24.7 Å². The Balaban J connectivity index is 1.87. The smallest absolute Gasteiger partial charge is 0.303 e. The van der Waals surface area contributed by atoms with Crippen molar-refractivity contribution < 1.29 is 66.5 Å². The van der Waals surface area contributed by atoms with E-state index in [2.05, 4.69) is 10.0 Å². The van der Waals surface area contributed by atoms with Crippen LogP contribution in [-0.4, -0.2) is 107 Å². The van der Waals surface area contributed by atoms with Crippen LogP contribution in [0.2, 0.25) is 0 Å². The summed E-state index contributed by atoms with van der Waals surface area (Å²) < 4.78 is 55.1. The van der Waals surface area contributed by atoms with Gasteiger partial charge in [0.2, 0.25) is 18.5 Å². The SMILES string of the molecule is CC(=O)OCC1(N)O[C@@H](OC2C(N=[N+]=[N-])[C@@H](OC(=N)C(Cl)(Cl)Cl)OC3(N)COC(c4ccccc4)O[C@H]23)C(OC(C)=O)C(OC(C)=O)[C@H]1OC(C)=O. The van der Waals surface area contributed by atoms with Crippen molar-refractivity contribution in [2.75, 3.05) is 13.2 Å². The maximum absolute atomic E-state index is 12.5. The van der Waals surface area contributed by atoms with Crippen LogP contribution in [0, 0.1) is 5.41 Å². The van der Waals surface area contributed by atoms with Crippen molar-refractivity contribution in [1.82, 2.24) is 0 Å². The van der Waals surface area contributed by atoms with Gasteiger partial charge >= 0.3 is 23.9 Å². The van der Waals surface area contributed by atoms with Crippen LogP contribution in [-0.2, 0) is 66.5 Å². The van der Waals surface area contributed by atoms with Crippen LogP contribution in [0.3, 0.4) is 0 Å². The van der Waals surface area contributed by atoms with Crippen LogP contribution in [0.25, 0.3) is 10.4 Å². The van der Waals surface area contributed by atoms with Gasteiger partial charge in [-0.3, -0.25) is 36.1 Å². The van der Waals surface area contributed by atoms with Crippen LogP contribution in [0.5, 0.6) is 0 Å². The molecule has 3 aliphatic heterocycles. The molecule has 3 fully saturated rings. The number of alkyl halides is 3. The van der Waals surface area contributed by atoms with Crippen LogP contribution in [0.4, 0.5) is 0 Å². The predicted octanol–water partition coefficient (Wildman–Crippen LogP) is 1.91. The van der Waals surface area contributed by atoms with Gasteiger partial charge in [-0.15, -0.1) is 0 Å². The zero-order valence-corrected chi connectivity index (χ0v) is 30.1. The van der Waals surface area contributed by atoms with E-state index in [4.69, 9.17) is 99.0 Å². The molecule has 11 atom stereocenters. The monoisotopic (exact) mass is 796 g/mol. The summed E-state index contributed by atoms with van der Waals surface area (Å²) in [5.74, 6) is -4.66. The maximum atomic E-state index is 12.5. The summed E-state index contributed by atoms with van der Waals surface area (Å²) in [6.07, 6.45) is -13.4. The van der Waals surface area contributed by atoms with E-state index in [0.717, 1.165) is 27.7 Å². The highest BCUT2D eigenvalue weighted by Crippen LogP contribution is 2.43. The summed E-state index contributed by atoms with van der Waals surface area (Å²) >= 11 is 17.6. The number of benzene rings is 1. The first-order valence-corrected chi connectivity index (χ1v) is 16.3. The number of azide groups is 1. The van der Waals surface area contributed by atoms with E-state index in [1.54, 1.807) is 30.3 Å². The van der Waals surface area contributed by atoms with E-state index in [1.807, 2.05) is 0 Å². The van der Waals surface area contributed by atoms with Gasteiger partial charge in [0.15, 0.2) is 36.1 Å². The summed E-state index contributed by atoms with van der Waals surface area (Å²) in [4.78, 5) is 51.9. The van der Waals surface area contributed by atoms with Gasteiger partial charge in [-0.05, 0) is 5.53 Å². The summed E-state index contributed by atoms with van der Waals surface area (Å²) in [6.45, 7) is 2.82. The van der Waals surface area contributed by atoms with Crippen molar-refractivity contribution in [2.24, 2.45) is 16.6 Å². The van der Waals surface area contributed by atoms with E-state index >= 15 is 0 Å². The zero-order chi connectivity index (χ0) is 38.6. The quantitative estimate of drug-likeness (QED) is 0.0445. The lowest BCUT2D eigenvalue weighted by Crippen LogP contribution is -2.76. The minimum atomic E-state index is -2.43. The Labute approximate surface area is 310 Å². The minimum absolute atomic E-state index is 0.433. The number of nitrogens with two attached hydrogens (primary N) is 2. The molecule has 0 bridgehead atoms. The molecule has 0 saturated carbocycles. The highest BCUT2D eigenvalue weighted by Gasteiger charge is 2.64. The molecule has 7 unspecified atom stereocenters. The topological polar surface area (TPSA) is 285 Å². The van der Waals surface area contributed by atoms with Crippen molar-refractivity contribution >= 4 is 64.6 Å². The van der Waals surface area contributed by atoms with Gasteiger partial charge in [0, 0.05) is 38.2 Å². The second-order valence-corrected chi connectivity index (χ2v) is 14.0. The Hall–Kier alpha value is -3.53. The first-order chi connectivity index (χ1) is 24.3. The molecule has 0 radical (unpaired) electrons. The standard InChI is InChI=1S/C29H35Cl3N6O14/c1-12(39)43-10-27(34)22(47-15(4)42)19(45-13(2)40)20(46-14(3)41)25(52-27)48-18-17(37-38-36)24(50-26(33)29(30,31)32)51-28(35)11-44-23(49-21(18)28)16-8-6-5-7-9-16/h5-9,17-25,33H,10-11,34-35H2,1-4H3/t17?,18?,19?,20?,21-,22-,23?,24+,25-,27?,28?/m1/s1. The molecule has 20 nitrogen and oxygen atoms in total. The maximum Gasteiger partial charge on any atom is 0.303 e. The van der Waals surface area contributed by atoms with Gasteiger partial charge in [-0.1, -0.05) is 70.2 Å². The molecule has 4 rings (SSSR count). The molecule has 0 amide bonds. The second kappa shape index (κ2) is 16.6. The Morgan fingerprint density at radius 3 is 2.10 bits per heavy atom. The van der Waals surface area contributed by atoms with E-state index in [-0.39, 0.29) is 0 Å². The molecule has 286 valence electrons. The van der Waals surface area contributed by atoms with Gasteiger partial charge in [0.1, 0.15) is 24.9 Å². The highest BCUT2D eigenvalue weighted by molar-refractivity contribution is 6.76. The van der Waals surface area contributed by atoms with Gasteiger partial charge in [0.05, 0.1) is 6.61 Å². The lowest BCUT2D eigenvalue weighted by molar-refractivity contribution is -0.403. The van der Waals surface area contributed by atoms with Crippen molar-refractivity contribution in [3.63, 3.8) is 0 Å². The number of ether oxygens (including phenoxy) is 10. The van der Waals surface area contributed by atoms with E-state index in [1.165, 1.54) is 0 Å². The Morgan fingerprint density at radius 2 is 1.54 bits per heavy atom. The van der Waals surface area contributed by atoms with E-state index < -0.39 is 114 Å². The average Bonchev–Trinajstić information content (AvgIpc) is 3.04. The zero-order valence-electron chi connectivity index (χ0n) is 27.8. The largest absolute Gasteiger partial charge is 0.461 e. The predicted molar refractivity (Wildman–Crippen MR) is 174 cm³/mol. The number of fused-ring (bicyclic) bond motifs is 1. The molecule has 3 saturated heterocycles. The number of rotatable bonds is 10. The molecule has 0 aliphatic carbocycles. The molecular weight excluding hydrogens is 763 g/mol. The summed E-state index contributed by atoms with van der Waals surface area (Å²) in [7, 11) is 0. The normalized spacial score (nSPS) is 34.4. The third-order valence-corrected chi connectivity index (χ3v) is 8.12. The van der Waals surface area contributed by atoms with Crippen LogP contribution in [0.15, 0.2) is 35.4 Å². The lowest BCUT2D eigenvalue weighted by atomic mass is 9.90. The van der Waals surface area contributed by atoms with E-state index in [0.29, 0.717) is 5.56 Å². The summed E-state index contributed by atoms with van der Waals surface area (Å²) in [6, 6.07) is 6.86. The molecule has 0 spiro atoms. The molecule has 5 N–H and O–H groups in total. The third kappa shape index (κ3) is 9.71. The van der Waals surface area contributed by atoms with Gasteiger partial charge in [-0.25, -0.2) is 0 Å². The number of hydrogen-bond donors (Lipinski definition) is 3. The highest BCUT2D eigenvalue weighted by atomic mass is 35.6. The first kappa shape index (κ1) is 41.2. The average molecular weight is 798 g/mol. The fourth-order valence-electron chi connectivity index (χ4n) is 5.57. The second-order valence-electron chi connectivity index (χ2n) is 11.7. The van der Waals surface area contributed by atoms with Gasteiger partial charge < -0.3 is 47.4 Å². The fourth-order valence-corrected chi connectivity index (χ4v) is 5.71. The van der Waals surface area contributed by atoms with Crippen molar-refractivity contribution in [1.29, 1.82) is 5.41 Å². The Morgan fingerprint density at radius 1 is 0.923 bits per heavy atom. The lowest BCUT2D eigenvalue weighted by Gasteiger charge is -2.55. The Kier molecular flexibility index (Phi) is 13.2. The van der Waals surface area contributed by atoms with Crippen LogP contribution < -0.4 is 11.5 Å². The molecule has 3 aliphatic rings. The summed E-state index contributed by atoms with van der Waals surface area (Å²) in [5.41, 5.74) is 19.0. The molecule has 1 aromatic carbocycles. The van der Waals surface area contributed by atoms with Crippen molar-refractivity contribution in [3.05, 3.63) is 46.3 Å². The molecule has 1 aromatic rings. The number of halogens is 3. The number of carbonyl (C=O) groups is 4. The van der Waals surface area contributed by atoms with Crippen molar-refractivity contribution in [2.45, 2.75) is 98.4 Å². The number of carbonyl (C=O) groups excluding carboxylic acids is 4. The molecular formula is C29H35Cl3N6O14. The molecule has 0 aromatic heterocycles.